The maximum atomic E-state index is 9.41. The molecule has 0 atom stereocenters. The zero-order valence-electron chi connectivity index (χ0n) is 27.1. The average molecular weight is 635 g/mol. The predicted octanol–water partition coefficient (Wildman–Crippen LogP) is 10.8. The van der Waals surface area contributed by atoms with E-state index in [1.54, 1.807) is 6.07 Å². The van der Waals surface area contributed by atoms with Crippen LogP contribution in [0.5, 0.6) is 0 Å². The maximum Gasteiger partial charge on any atom is 0.164 e. The lowest BCUT2D eigenvalue weighted by atomic mass is 9.48. The first kappa shape index (κ1) is 28.4. The molecule has 0 spiro atoms. The Morgan fingerprint density at radius 1 is 0.551 bits per heavy atom. The number of furan rings is 1. The molecule has 5 heteroatoms. The Morgan fingerprint density at radius 3 is 1.82 bits per heavy atom. The van der Waals surface area contributed by atoms with E-state index in [9.17, 15) is 5.26 Å². The SMILES string of the molecule is N#Cc1ccc2c(c1)oc1cc(-c3nc(-c4ccc(C56C[C@H]7C[C@@H](C5)C[C@@H](C6)C7)cc4)nc(-c4ccccc4-c4ccccc4)n3)ccc12. The molecule has 49 heavy (non-hydrogen) atoms. The first-order valence-corrected chi connectivity index (χ1v) is 17.5. The summed E-state index contributed by atoms with van der Waals surface area (Å²) in [5, 5.41) is 11.4. The fourth-order valence-corrected chi connectivity index (χ4v) is 9.72. The highest BCUT2D eigenvalue weighted by Crippen LogP contribution is 2.60. The standard InChI is InChI=1S/C44H34N4O/c45-26-27-10-16-36-37-17-13-33(22-40(37)49-39(36)21-27)42-46-41(47-43(48-42)38-9-5-4-8-35(38)31-6-2-1-3-7-31)32-11-14-34(15-12-32)44-23-28-18-29(24-44)20-30(19-28)25-44/h1-17,21-22,28-30H,18-20,23-25H2/t28-,29+,30-,44?. The molecule has 0 unspecified atom stereocenters. The van der Waals surface area contributed by atoms with Gasteiger partial charge in [0.15, 0.2) is 17.5 Å². The Morgan fingerprint density at radius 2 is 1.12 bits per heavy atom. The summed E-state index contributed by atoms with van der Waals surface area (Å²) in [4.78, 5) is 15.4. The van der Waals surface area contributed by atoms with Crippen molar-refractivity contribution in [3.05, 3.63) is 126 Å². The molecule has 5 nitrogen and oxygen atoms in total. The number of nitrogens with zero attached hydrogens (tertiary/aromatic N) is 4. The van der Waals surface area contributed by atoms with Gasteiger partial charge in [-0.05, 0) is 109 Å². The normalized spacial score (nSPS) is 22.5. The average Bonchev–Trinajstić information content (AvgIpc) is 3.51. The third kappa shape index (κ3) is 4.77. The molecule has 0 aliphatic heterocycles. The van der Waals surface area contributed by atoms with Gasteiger partial charge in [0.1, 0.15) is 11.2 Å². The Hall–Kier alpha value is -5.60. The molecular formula is C44H34N4O. The Labute approximate surface area is 285 Å². The zero-order chi connectivity index (χ0) is 32.5. The summed E-state index contributed by atoms with van der Waals surface area (Å²) in [7, 11) is 0. The van der Waals surface area contributed by atoms with Crippen molar-refractivity contribution in [1.29, 1.82) is 5.26 Å². The number of hydrogen-bond donors (Lipinski definition) is 0. The number of benzene rings is 5. The molecule has 7 aromatic rings. The first-order valence-electron chi connectivity index (χ1n) is 17.5. The van der Waals surface area contributed by atoms with Crippen LogP contribution in [0.1, 0.15) is 49.7 Å². The first-order chi connectivity index (χ1) is 24.1. The summed E-state index contributed by atoms with van der Waals surface area (Å²) >= 11 is 0. The molecule has 2 aromatic heterocycles. The summed E-state index contributed by atoms with van der Waals surface area (Å²) in [5.41, 5.74) is 8.81. The maximum absolute atomic E-state index is 9.41. The van der Waals surface area contributed by atoms with Gasteiger partial charge >= 0.3 is 0 Å². The smallest absolute Gasteiger partial charge is 0.164 e. The summed E-state index contributed by atoms with van der Waals surface area (Å²) in [6.45, 7) is 0. The van der Waals surface area contributed by atoms with Crippen molar-refractivity contribution in [2.24, 2.45) is 17.8 Å². The highest BCUT2D eigenvalue weighted by Gasteiger charge is 2.51. The fraction of sp³-hybridized carbons (Fsp3) is 0.227. The van der Waals surface area contributed by atoms with E-state index < -0.39 is 0 Å². The van der Waals surface area contributed by atoms with E-state index in [0.29, 0.717) is 34.0 Å². The van der Waals surface area contributed by atoms with Crippen LogP contribution in [0, 0.1) is 29.1 Å². The quantitative estimate of drug-likeness (QED) is 0.188. The van der Waals surface area contributed by atoms with Crippen molar-refractivity contribution in [3.8, 4) is 51.4 Å². The van der Waals surface area contributed by atoms with Crippen LogP contribution in [0.4, 0.5) is 0 Å². The molecule has 236 valence electrons. The minimum absolute atomic E-state index is 0.341. The van der Waals surface area contributed by atoms with Crippen molar-refractivity contribution in [3.63, 3.8) is 0 Å². The largest absolute Gasteiger partial charge is 0.456 e. The van der Waals surface area contributed by atoms with Gasteiger partial charge in [0, 0.05) is 27.5 Å². The number of fused-ring (bicyclic) bond motifs is 3. The van der Waals surface area contributed by atoms with Crippen LogP contribution in [0.15, 0.2) is 120 Å². The Kier molecular flexibility index (Phi) is 6.36. The minimum Gasteiger partial charge on any atom is -0.456 e. The van der Waals surface area contributed by atoms with Crippen molar-refractivity contribution in [1.82, 2.24) is 15.0 Å². The highest BCUT2D eigenvalue weighted by molar-refractivity contribution is 6.06. The van der Waals surface area contributed by atoms with Crippen LogP contribution in [0.25, 0.3) is 67.2 Å². The lowest BCUT2D eigenvalue weighted by molar-refractivity contribution is -0.00518. The van der Waals surface area contributed by atoms with Crippen molar-refractivity contribution in [2.45, 2.75) is 43.9 Å². The fourth-order valence-electron chi connectivity index (χ4n) is 9.72. The highest BCUT2D eigenvalue weighted by atomic mass is 16.3. The molecule has 4 fully saturated rings. The second-order valence-corrected chi connectivity index (χ2v) is 14.6. The Balaban J connectivity index is 1.10. The van der Waals surface area contributed by atoms with Crippen LogP contribution in [-0.2, 0) is 5.41 Å². The molecule has 2 heterocycles. The van der Waals surface area contributed by atoms with Crippen molar-refractivity contribution >= 4 is 21.9 Å². The lowest BCUT2D eigenvalue weighted by Crippen LogP contribution is -2.48. The topological polar surface area (TPSA) is 75.6 Å². The van der Waals surface area contributed by atoms with Gasteiger partial charge in [-0.25, -0.2) is 15.0 Å². The zero-order valence-corrected chi connectivity index (χ0v) is 27.1. The second kappa shape index (κ2) is 11.0. The second-order valence-electron chi connectivity index (χ2n) is 14.6. The van der Waals surface area contributed by atoms with E-state index in [2.05, 4.69) is 84.9 Å². The van der Waals surface area contributed by atoms with E-state index in [4.69, 9.17) is 19.4 Å². The summed E-state index contributed by atoms with van der Waals surface area (Å²) in [5.74, 6) is 4.59. The van der Waals surface area contributed by atoms with Crippen LogP contribution in [0.2, 0.25) is 0 Å². The van der Waals surface area contributed by atoms with E-state index in [1.165, 1.54) is 44.1 Å². The van der Waals surface area contributed by atoms with Crippen LogP contribution >= 0.6 is 0 Å². The van der Waals surface area contributed by atoms with E-state index >= 15 is 0 Å². The summed E-state index contributed by atoms with van der Waals surface area (Å²) in [6, 6.07) is 41.8. The van der Waals surface area contributed by atoms with Crippen molar-refractivity contribution < 1.29 is 4.42 Å². The molecule has 4 aliphatic carbocycles. The summed E-state index contributed by atoms with van der Waals surface area (Å²) < 4.78 is 6.26. The molecule has 4 aliphatic rings. The molecule has 0 saturated heterocycles. The molecular weight excluding hydrogens is 601 g/mol. The van der Waals surface area contributed by atoms with Gasteiger partial charge in [-0.15, -0.1) is 0 Å². The Bertz CT molecular complexity index is 2400. The minimum atomic E-state index is 0.341. The van der Waals surface area contributed by atoms with Gasteiger partial charge in [0.2, 0.25) is 0 Å². The van der Waals surface area contributed by atoms with E-state index in [-0.39, 0.29) is 0 Å². The molecule has 4 bridgehead atoms. The number of hydrogen-bond acceptors (Lipinski definition) is 5. The van der Waals surface area contributed by atoms with Crippen LogP contribution in [-0.4, -0.2) is 15.0 Å². The van der Waals surface area contributed by atoms with Crippen LogP contribution < -0.4 is 0 Å². The van der Waals surface area contributed by atoms with Crippen LogP contribution in [0.3, 0.4) is 0 Å². The monoisotopic (exact) mass is 634 g/mol. The third-order valence-electron chi connectivity index (χ3n) is 11.5. The van der Waals surface area contributed by atoms with Gasteiger partial charge in [0.25, 0.3) is 0 Å². The molecule has 0 amide bonds. The van der Waals surface area contributed by atoms with Gasteiger partial charge in [-0.3, -0.25) is 0 Å². The molecule has 0 radical (unpaired) electrons. The van der Waals surface area contributed by atoms with E-state index in [0.717, 1.165) is 61.9 Å². The van der Waals surface area contributed by atoms with E-state index in [1.807, 2.05) is 30.3 Å². The van der Waals surface area contributed by atoms with Gasteiger partial charge in [-0.2, -0.15) is 5.26 Å². The number of nitriles is 1. The molecule has 4 saturated carbocycles. The molecule has 5 aromatic carbocycles. The van der Waals surface area contributed by atoms with Gasteiger partial charge < -0.3 is 4.42 Å². The van der Waals surface area contributed by atoms with Gasteiger partial charge in [0.05, 0.1) is 11.6 Å². The molecule has 0 N–H and O–H groups in total. The third-order valence-corrected chi connectivity index (χ3v) is 11.5. The number of aromatic nitrogens is 3. The predicted molar refractivity (Wildman–Crippen MR) is 193 cm³/mol. The molecule has 11 rings (SSSR count). The lowest BCUT2D eigenvalue weighted by Gasteiger charge is -2.57. The van der Waals surface area contributed by atoms with Crippen molar-refractivity contribution in [2.75, 3.05) is 0 Å². The van der Waals surface area contributed by atoms with Gasteiger partial charge in [-0.1, -0.05) is 84.9 Å². The number of rotatable bonds is 5. The summed E-state index contributed by atoms with van der Waals surface area (Å²) in [6.07, 6.45) is 8.36.